The molecule has 0 atom stereocenters. The maximum atomic E-state index is 12.9. The van der Waals surface area contributed by atoms with Crippen LogP contribution in [0.25, 0.3) is 21.3 Å². The van der Waals surface area contributed by atoms with Crippen molar-refractivity contribution < 1.29 is 0 Å². The van der Waals surface area contributed by atoms with Crippen molar-refractivity contribution in [1.29, 1.82) is 0 Å². The number of thioether (sulfide) groups is 1. The van der Waals surface area contributed by atoms with Gasteiger partial charge < -0.3 is 10.3 Å². The average molecular weight is 442 g/mol. The number of benzene rings is 1. The van der Waals surface area contributed by atoms with Gasteiger partial charge in [-0.3, -0.25) is 4.79 Å². The van der Waals surface area contributed by atoms with Crippen LogP contribution in [0.1, 0.15) is 29.1 Å². The first-order valence-electron chi connectivity index (χ1n) is 9.39. The Morgan fingerprint density at radius 1 is 1.17 bits per heavy atom. The third kappa shape index (κ3) is 3.94. The molecular formula is C20H19N5OS3. The predicted molar refractivity (Wildman–Crippen MR) is 121 cm³/mol. The molecule has 1 aliphatic carbocycles. The monoisotopic (exact) mass is 441 g/mol. The molecule has 0 spiro atoms. The third-order valence-electron chi connectivity index (χ3n) is 4.77. The molecule has 0 saturated heterocycles. The van der Waals surface area contributed by atoms with E-state index in [1.165, 1.54) is 18.4 Å². The SMILES string of the molecule is Cc1ccc(-c2c(C)sc3nc(CSc4nnc(NC5CC5)s4)[nH]c(=O)c23)cc1. The summed E-state index contributed by atoms with van der Waals surface area (Å²) < 4.78 is 0.874. The highest BCUT2D eigenvalue weighted by molar-refractivity contribution is 8.00. The van der Waals surface area contributed by atoms with Crippen molar-refractivity contribution >= 4 is 49.8 Å². The van der Waals surface area contributed by atoms with Crippen LogP contribution >= 0.6 is 34.4 Å². The molecule has 1 fully saturated rings. The molecule has 0 radical (unpaired) electrons. The minimum Gasteiger partial charge on any atom is -0.357 e. The van der Waals surface area contributed by atoms with Crippen LogP contribution in [0, 0.1) is 13.8 Å². The van der Waals surface area contributed by atoms with Crippen molar-refractivity contribution in [1.82, 2.24) is 20.2 Å². The van der Waals surface area contributed by atoms with E-state index in [-0.39, 0.29) is 5.56 Å². The van der Waals surface area contributed by atoms with Gasteiger partial charge in [-0.25, -0.2) is 4.98 Å². The normalized spacial score (nSPS) is 13.9. The summed E-state index contributed by atoms with van der Waals surface area (Å²) in [6, 6.07) is 8.83. The number of nitrogens with one attached hydrogen (secondary N) is 2. The first-order valence-corrected chi connectivity index (χ1v) is 12.0. The maximum Gasteiger partial charge on any atom is 0.260 e. The van der Waals surface area contributed by atoms with E-state index in [1.807, 2.05) is 6.92 Å². The summed E-state index contributed by atoms with van der Waals surface area (Å²) in [5.41, 5.74) is 3.15. The molecule has 4 aromatic rings. The predicted octanol–water partition coefficient (Wildman–Crippen LogP) is 4.99. The van der Waals surface area contributed by atoms with Crippen molar-refractivity contribution in [2.24, 2.45) is 0 Å². The molecule has 29 heavy (non-hydrogen) atoms. The topological polar surface area (TPSA) is 83.6 Å². The van der Waals surface area contributed by atoms with Crippen molar-refractivity contribution in [3.63, 3.8) is 0 Å². The average Bonchev–Trinajstić information content (AvgIpc) is 3.28. The summed E-state index contributed by atoms with van der Waals surface area (Å²) >= 11 is 4.66. The first-order chi connectivity index (χ1) is 14.1. The number of aromatic amines is 1. The fourth-order valence-electron chi connectivity index (χ4n) is 3.16. The van der Waals surface area contributed by atoms with Gasteiger partial charge in [-0.2, -0.15) is 0 Å². The van der Waals surface area contributed by atoms with Crippen molar-refractivity contribution in [3.8, 4) is 11.1 Å². The van der Waals surface area contributed by atoms with Gasteiger partial charge in [0.05, 0.1) is 11.1 Å². The molecule has 9 heteroatoms. The van der Waals surface area contributed by atoms with E-state index in [4.69, 9.17) is 4.98 Å². The molecule has 0 unspecified atom stereocenters. The Morgan fingerprint density at radius 3 is 2.72 bits per heavy atom. The van der Waals surface area contributed by atoms with Gasteiger partial charge in [0.2, 0.25) is 5.13 Å². The zero-order chi connectivity index (χ0) is 20.0. The number of nitrogens with zero attached hydrogens (tertiary/aromatic N) is 3. The summed E-state index contributed by atoms with van der Waals surface area (Å²) in [5, 5.41) is 13.3. The van der Waals surface area contributed by atoms with E-state index in [9.17, 15) is 4.79 Å². The molecule has 3 heterocycles. The van der Waals surface area contributed by atoms with Crippen molar-refractivity contribution in [2.75, 3.05) is 5.32 Å². The second-order valence-electron chi connectivity index (χ2n) is 7.17. The van der Waals surface area contributed by atoms with Gasteiger partial charge in [0.15, 0.2) is 4.34 Å². The molecule has 0 bridgehead atoms. The largest absolute Gasteiger partial charge is 0.357 e. The lowest BCUT2D eigenvalue weighted by Gasteiger charge is -2.03. The van der Waals surface area contributed by atoms with Gasteiger partial charge in [0.1, 0.15) is 10.7 Å². The summed E-state index contributed by atoms with van der Waals surface area (Å²) in [4.78, 5) is 22.5. The molecule has 5 rings (SSSR count). The minimum absolute atomic E-state index is 0.0844. The smallest absolute Gasteiger partial charge is 0.260 e. The Labute approximate surface area is 179 Å². The van der Waals surface area contributed by atoms with E-state index >= 15 is 0 Å². The summed E-state index contributed by atoms with van der Waals surface area (Å²) in [7, 11) is 0. The maximum absolute atomic E-state index is 12.9. The molecule has 1 aromatic carbocycles. The zero-order valence-corrected chi connectivity index (χ0v) is 18.4. The summed E-state index contributed by atoms with van der Waals surface area (Å²) in [5.74, 6) is 1.22. The van der Waals surface area contributed by atoms with Crippen LogP contribution in [-0.2, 0) is 5.75 Å². The molecule has 148 valence electrons. The molecular weight excluding hydrogens is 422 g/mol. The number of aryl methyl sites for hydroxylation is 2. The van der Waals surface area contributed by atoms with Crippen molar-refractivity contribution in [2.45, 2.75) is 42.8 Å². The van der Waals surface area contributed by atoms with Crippen LogP contribution < -0.4 is 10.9 Å². The lowest BCUT2D eigenvalue weighted by atomic mass is 10.0. The second-order valence-corrected chi connectivity index (χ2v) is 10.6. The Bertz CT molecular complexity index is 1240. The van der Waals surface area contributed by atoms with Crippen LogP contribution in [0.3, 0.4) is 0 Å². The fourth-order valence-corrected chi connectivity index (χ4v) is 5.92. The Kier molecular flexibility index (Phi) is 4.89. The van der Waals surface area contributed by atoms with E-state index in [0.717, 1.165) is 30.3 Å². The van der Waals surface area contributed by atoms with Gasteiger partial charge in [0, 0.05) is 16.5 Å². The van der Waals surface area contributed by atoms with Crippen LogP contribution in [0.4, 0.5) is 5.13 Å². The molecule has 0 amide bonds. The first kappa shape index (κ1) is 18.8. The number of aromatic nitrogens is 4. The van der Waals surface area contributed by atoms with Gasteiger partial charge in [-0.1, -0.05) is 52.9 Å². The molecule has 1 saturated carbocycles. The molecule has 0 aliphatic heterocycles. The third-order valence-corrected chi connectivity index (χ3v) is 7.77. The minimum atomic E-state index is -0.0844. The Balaban J connectivity index is 1.40. The number of rotatable bonds is 6. The summed E-state index contributed by atoms with van der Waals surface area (Å²) in [6.07, 6.45) is 2.41. The van der Waals surface area contributed by atoms with Gasteiger partial charge in [-0.15, -0.1) is 21.5 Å². The van der Waals surface area contributed by atoms with Gasteiger partial charge in [0.25, 0.3) is 5.56 Å². The lowest BCUT2D eigenvalue weighted by molar-refractivity contribution is 0.989. The molecule has 2 N–H and O–H groups in total. The molecule has 6 nitrogen and oxygen atoms in total. The Hall–Kier alpha value is -2.23. The van der Waals surface area contributed by atoms with Crippen LogP contribution in [-0.4, -0.2) is 26.2 Å². The van der Waals surface area contributed by atoms with Gasteiger partial charge >= 0.3 is 0 Å². The highest BCUT2D eigenvalue weighted by Crippen LogP contribution is 2.36. The second kappa shape index (κ2) is 7.55. The van der Waals surface area contributed by atoms with E-state index in [0.29, 0.717) is 23.0 Å². The fraction of sp³-hybridized carbons (Fsp3) is 0.300. The van der Waals surface area contributed by atoms with Crippen LogP contribution in [0.2, 0.25) is 0 Å². The number of H-pyrrole nitrogens is 1. The standard InChI is InChI=1S/C20H19N5OS3/c1-10-3-5-12(6-4-10)15-11(2)28-18-16(15)17(26)22-14(23-18)9-27-20-25-24-19(29-20)21-13-7-8-13/h3-6,13H,7-9H2,1-2H3,(H,21,24)(H,22,23,26). The number of fused-ring (bicyclic) bond motifs is 1. The highest BCUT2D eigenvalue weighted by atomic mass is 32.2. The van der Waals surface area contributed by atoms with E-state index < -0.39 is 0 Å². The summed E-state index contributed by atoms with van der Waals surface area (Å²) in [6.45, 7) is 4.11. The number of anilines is 1. The molecule has 1 aliphatic rings. The van der Waals surface area contributed by atoms with E-state index in [2.05, 4.69) is 51.7 Å². The highest BCUT2D eigenvalue weighted by Gasteiger charge is 2.22. The van der Waals surface area contributed by atoms with Crippen LogP contribution in [0.15, 0.2) is 33.4 Å². The number of hydrogen-bond donors (Lipinski definition) is 2. The van der Waals surface area contributed by atoms with Crippen molar-refractivity contribution in [3.05, 3.63) is 50.9 Å². The Morgan fingerprint density at radius 2 is 1.97 bits per heavy atom. The van der Waals surface area contributed by atoms with E-state index in [1.54, 1.807) is 34.4 Å². The molecule has 3 aromatic heterocycles. The zero-order valence-electron chi connectivity index (χ0n) is 16.0. The van der Waals surface area contributed by atoms with Gasteiger partial charge in [-0.05, 0) is 32.3 Å². The number of thiophene rings is 1. The quantitative estimate of drug-likeness (QED) is 0.410. The lowest BCUT2D eigenvalue weighted by Crippen LogP contribution is -2.10. The number of hydrogen-bond acceptors (Lipinski definition) is 8. The van der Waals surface area contributed by atoms with Crippen LogP contribution in [0.5, 0.6) is 0 Å².